The summed E-state index contributed by atoms with van der Waals surface area (Å²) in [6.07, 6.45) is 0.654. The number of aliphatic hydroxyl groups is 2. The summed E-state index contributed by atoms with van der Waals surface area (Å²) in [5, 5.41) is 20.3. The van der Waals surface area contributed by atoms with E-state index >= 15 is 0 Å². The van der Waals surface area contributed by atoms with Gasteiger partial charge in [0.1, 0.15) is 18.1 Å². The van der Waals surface area contributed by atoms with Crippen molar-refractivity contribution in [2.75, 3.05) is 19.8 Å². The number of hydrogen-bond donors (Lipinski definition) is 2. The first-order valence-corrected chi connectivity index (χ1v) is 9.73. The van der Waals surface area contributed by atoms with Crippen LogP contribution in [0.2, 0.25) is 5.02 Å². The number of amides is 1. The van der Waals surface area contributed by atoms with Gasteiger partial charge in [0.05, 0.1) is 18.2 Å². The van der Waals surface area contributed by atoms with Gasteiger partial charge >= 0.3 is 0 Å². The van der Waals surface area contributed by atoms with Crippen LogP contribution in [-0.4, -0.2) is 46.6 Å². The van der Waals surface area contributed by atoms with Crippen molar-refractivity contribution in [2.45, 2.75) is 19.4 Å². The molecule has 0 aromatic heterocycles. The molecule has 1 aliphatic rings. The molecule has 0 aliphatic carbocycles. The van der Waals surface area contributed by atoms with E-state index in [9.17, 15) is 14.7 Å². The van der Waals surface area contributed by atoms with Crippen LogP contribution in [0.1, 0.15) is 30.5 Å². The summed E-state index contributed by atoms with van der Waals surface area (Å²) in [5.74, 6) is -1.15. The van der Waals surface area contributed by atoms with Gasteiger partial charge in [-0.1, -0.05) is 42.8 Å². The van der Waals surface area contributed by atoms with Gasteiger partial charge in [0.2, 0.25) is 0 Å². The predicted octanol–water partition coefficient (Wildman–Crippen LogP) is 3.54. The van der Waals surface area contributed by atoms with E-state index in [0.717, 1.165) is 0 Å². The molecule has 6 nitrogen and oxygen atoms in total. The molecule has 29 heavy (non-hydrogen) atoms. The van der Waals surface area contributed by atoms with E-state index in [4.69, 9.17) is 21.4 Å². The van der Waals surface area contributed by atoms with Gasteiger partial charge in [0, 0.05) is 17.1 Å². The molecular weight excluding hydrogens is 394 g/mol. The monoisotopic (exact) mass is 415 g/mol. The summed E-state index contributed by atoms with van der Waals surface area (Å²) in [5.41, 5.74) is 1.02. The molecule has 2 aromatic rings. The Hall–Kier alpha value is -2.83. The van der Waals surface area contributed by atoms with Crippen LogP contribution in [0, 0.1) is 0 Å². The number of hydrogen-bond acceptors (Lipinski definition) is 5. The second kappa shape index (κ2) is 9.11. The quantitative estimate of drug-likeness (QED) is 0.410. The first-order chi connectivity index (χ1) is 14.0. The Labute approximate surface area is 174 Å². The van der Waals surface area contributed by atoms with Crippen molar-refractivity contribution < 1.29 is 24.5 Å². The van der Waals surface area contributed by atoms with Gasteiger partial charge < -0.3 is 19.8 Å². The van der Waals surface area contributed by atoms with Gasteiger partial charge in [0.25, 0.3) is 11.7 Å². The van der Waals surface area contributed by atoms with Gasteiger partial charge in [-0.25, -0.2) is 0 Å². The predicted molar refractivity (Wildman–Crippen MR) is 110 cm³/mol. The summed E-state index contributed by atoms with van der Waals surface area (Å²) in [6.45, 7) is 2.27. The summed E-state index contributed by atoms with van der Waals surface area (Å²) < 4.78 is 5.47. The number of nitrogens with zero attached hydrogens (tertiary/aromatic N) is 1. The molecule has 0 spiro atoms. The van der Waals surface area contributed by atoms with Crippen LogP contribution in [0.5, 0.6) is 5.75 Å². The van der Waals surface area contributed by atoms with E-state index in [2.05, 4.69) is 0 Å². The van der Waals surface area contributed by atoms with E-state index in [1.807, 2.05) is 6.92 Å². The Morgan fingerprint density at radius 1 is 1.17 bits per heavy atom. The number of halogens is 1. The van der Waals surface area contributed by atoms with Crippen molar-refractivity contribution in [3.63, 3.8) is 0 Å². The number of ketones is 1. The fourth-order valence-electron chi connectivity index (χ4n) is 3.43. The number of Topliss-reactive ketones (excluding diaryl/α,β-unsaturated/α-hetero) is 1. The highest BCUT2D eigenvalue weighted by molar-refractivity contribution is 6.46. The molecule has 1 aliphatic heterocycles. The third-order valence-corrected chi connectivity index (χ3v) is 4.87. The number of rotatable bonds is 7. The summed E-state index contributed by atoms with van der Waals surface area (Å²) in [4.78, 5) is 27.0. The second-order valence-electron chi connectivity index (χ2n) is 6.65. The van der Waals surface area contributed by atoms with Crippen LogP contribution in [0.4, 0.5) is 0 Å². The molecule has 1 saturated heterocycles. The summed E-state index contributed by atoms with van der Waals surface area (Å²) >= 11 is 6.03. The number of benzene rings is 2. The third-order valence-electron chi connectivity index (χ3n) is 4.64. The van der Waals surface area contributed by atoms with E-state index in [1.165, 1.54) is 4.90 Å². The maximum Gasteiger partial charge on any atom is 0.295 e. The lowest BCUT2D eigenvalue weighted by molar-refractivity contribution is -0.139. The Bertz CT molecular complexity index is 956. The van der Waals surface area contributed by atoms with Crippen LogP contribution in [0.3, 0.4) is 0 Å². The number of aliphatic hydroxyl groups excluding tert-OH is 2. The molecule has 3 rings (SSSR count). The maximum atomic E-state index is 12.8. The zero-order valence-corrected chi connectivity index (χ0v) is 16.7. The van der Waals surface area contributed by atoms with Crippen LogP contribution < -0.4 is 4.74 Å². The zero-order chi connectivity index (χ0) is 21.0. The fraction of sp³-hybridized carbons (Fsp3) is 0.273. The van der Waals surface area contributed by atoms with E-state index in [1.54, 1.807) is 48.5 Å². The lowest BCUT2D eigenvalue weighted by atomic mass is 9.95. The second-order valence-corrected chi connectivity index (χ2v) is 7.08. The standard InChI is InChI=1S/C22H22ClNO5/c1-2-9-24-19(14-5-4-8-17(13-14)29-11-10-25)18(21(27)22(24)28)20(26)15-6-3-7-16(23)12-15/h3-8,12-13,19,25-26H,2,9-11H2,1H3/b20-18-. The molecule has 0 radical (unpaired) electrons. The smallest absolute Gasteiger partial charge is 0.295 e. The van der Waals surface area contributed by atoms with Gasteiger partial charge in [-0.05, 0) is 36.2 Å². The van der Waals surface area contributed by atoms with E-state index in [-0.39, 0.29) is 24.5 Å². The molecule has 7 heteroatoms. The molecule has 1 amide bonds. The van der Waals surface area contributed by atoms with Gasteiger partial charge in [-0.15, -0.1) is 0 Å². The Morgan fingerprint density at radius 2 is 1.93 bits per heavy atom. The number of ether oxygens (including phenoxy) is 1. The van der Waals surface area contributed by atoms with Gasteiger partial charge in [-0.3, -0.25) is 9.59 Å². The van der Waals surface area contributed by atoms with Gasteiger partial charge in [0.15, 0.2) is 0 Å². The normalized spacial score (nSPS) is 18.3. The van der Waals surface area contributed by atoms with Crippen molar-refractivity contribution >= 4 is 29.1 Å². The molecular formula is C22H22ClNO5. The Kier molecular flexibility index (Phi) is 6.56. The minimum absolute atomic E-state index is 0.0185. The SMILES string of the molecule is CCCN1C(=O)C(=O)/C(=C(\O)c2cccc(Cl)c2)C1c1cccc(OCCO)c1. The topological polar surface area (TPSA) is 87.1 Å². The number of carbonyl (C=O) groups excluding carboxylic acids is 2. The molecule has 1 unspecified atom stereocenters. The van der Waals surface area contributed by atoms with Crippen molar-refractivity contribution in [3.8, 4) is 5.75 Å². The lowest BCUT2D eigenvalue weighted by Crippen LogP contribution is -2.30. The van der Waals surface area contributed by atoms with Crippen LogP contribution in [0.15, 0.2) is 54.1 Å². The molecule has 1 fully saturated rings. The van der Waals surface area contributed by atoms with Crippen LogP contribution >= 0.6 is 11.6 Å². The highest BCUT2D eigenvalue weighted by Crippen LogP contribution is 2.40. The minimum atomic E-state index is -0.744. The Balaban J connectivity index is 2.14. The third kappa shape index (κ3) is 4.28. The molecule has 2 N–H and O–H groups in total. The maximum absolute atomic E-state index is 12.8. The first kappa shape index (κ1) is 20.9. The highest BCUT2D eigenvalue weighted by atomic mass is 35.5. The van der Waals surface area contributed by atoms with Crippen LogP contribution in [0.25, 0.3) is 5.76 Å². The minimum Gasteiger partial charge on any atom is -0.507 e. The molecule has 152 valence electrons. The average molecular weight is 416 g/mol. The van der Waals surface area contributed by atoms with Crippen molar-refractivity contribution in [3.05, 3.63) is 70.3 Å². The van der Waals surface area contributed by atoms with Crippen molar-refractivity contribution in [2.24, 2.45) is 0 Å². The number of likely N-dealkylation sites (tertiary alicyclic amines) is 1. The Morgan fingerprint density at radius 3 is 2.62 bits per heavy atom. The van der Waals surface area contributed by atoms with E-state index < -0.39 is 17.7 Å². The fourth-order valence-corrected chi connectivity index (χ4v) is 3.62. The van der Waals surface area contributed by atoms with Gasteiger partial charge in [-0.2, -0.15) is 0 Å². The molecule has 1 heterocycles. The molecule has 2 aromatic carbocycles. The average Bonchev–Trinajstić information content (AvgIpc) is 2.97. The summed E-state index contributed by atoms with van der Waals surface area (Å²) in [7, 11) is 0. The van der Waals surface area contributed by atoms with Crippen molar-refractivity contribution in [1.29, 1.82) is 0 Å². The lowest BCUT2D eigenvalue weighted by Gasteiger charge is -2.25. The van der Waals surface area contributed by atoms with Crippen molar-refractivity contribution in [1.82, 2.24) is 4.90 Å². The largest absolute Gasteiger partial charge is 0.507 e. The highest BCUT2D eigenvalue weighted by Gasteiger charge is 2.45. The molecule has 0 saturated carbocycles. The van der Waals surface area contributed by atoms with Crippen LogP contribution in [-0.2, 0) is 9.59 Å². The van der Waals surface area contributed by atoms with E-state index in [0.29, 0.717) is 34.9 Å². The molecule has 0 bridgehead atoms. The summed E-state index contributed by atoms with van der Waals surface area (Å²) in [6, 6.07) is 12.7. The zero-order valence-electron chi connectivity index (χ0n) is 16.0. The molecule has 1 atom stereocenters. The number of carbonyl (C=O) groups is 2. The first-order valence-electron chi connectivity index (χ1n) is 9.36.